The van der Waals surface area contributed by atoms with Crippen molar-refractivity contribution < 1.29 is 9.47 Å². The van der Waals surface area contributed by atoms with Crippen LogP contribution in [0.1, 0.15) is 20.3 Å². The first-order chi connectivity index (χ1) is 7.21. The van der Waals surface area contributed by atoms with Crippen molar-refractivity contribution in [2.45, 2.75) is 32.4 Å². The molecule has 0 aliphatic heterocycles. The van der Waals surface area contributed by atoms with E-state index in [1.165, 1.54) is 0 Å². The Morgan fingerprint density at radius 3 is 2.40 bits per heavy atom. The molecule has 2 unspecified atom stereocenters. The first-order valence-corrected chi connectivity index (χ1v) is 5.34. The van der Waals surface area contributed by atoms with E-state index in [1.54, 1.807) is 14.2 Å². The van der Waals surface area contributed by atoms with Crippen LogP contribution in [0.15, 0.2) is 0 Å². The lowest BCUT2D eigenvalue weighted by Crippen LogP contribution is -2.44. The molecule has 0 aromatic heterocycles. The van der Waals surface area contributed by atoms with Gasteiger partial charge >= 0.3 is 0 Å². The van der Waals surface area contributed by atoms with Gasteiger partial charge in [-0.25, -0.2) is 0 Å². The Morgan fingerprint density at radius 1 is 1.33 bits per heavy atom. The molecule has 15 heavy (non-hydrogen) atoms. The normalized spacial score (nSPS) is 14.9. The lowest BCUT2D eigenvalue weighted by atomic mass is 10.1. The molecular weight excluding hydrogens is 192 g/mol. The van der Waals surface area contributed by atoms with Gasteiger partial charge in [-0.2, -0.15) is 5.26 Å². The molecule has 0 aromatic carbocycles. The van der Waals surface area contributed by atoms with Crippen LogP contribution >= 0.6 is 0 Å². The summed E-state index contributed by atoms with van der Waals surface area (Å²) in [6.45, 7) is 6.15. The lowest BCUT2D eigenvalue weighted by Gasteiger charge is -2.31. The zero-order valence-electron chi connectivity index (χ0n) is 10.2. The van der Waals surface area contributed by atoms with Crippen LogP contribution in [0.4, 0.5) is 0 Å². The fourth-order valence-electron chi connectivity index (χ4n) is 1.62. The van der Waals surface area contributed by atoms with Crippen molar-refractivity contribution in [1.82, 2.24) is 4.90 Å². The number of hydrogen-bond donors (Lipinski definition) is 0. The zero-order valence-corrected chi connectivity index (χ0v) is 10.2. The van der Waals surface area contributed by atoms with Crippen LogP contribution in [0, 0.1) is 11.3 Å². The predicted molar refractivity (Wildman–Crippen MR) is 59.6 cm³/mol. The molecule has 0 heterocycles. The third kappa shape index (κ3) is 5.12. The molecule has 4 nitrogen and oxygen atoms in total. The Morgan fingerprint density at radius 2 is 2.00 bits per heavy atom. The van der Waals surface area contributed by atoms with Crippen LogP contribution in [0.3, 0.4) is 0 Å². The van der Waals surface area contributed by atoms with Crippen LogP contribution in [0.5, 0.6) is 0 Å². The van der Waals surface area contributed by atoms with Gasteiger partial charge in [0.25, 0.3) is 0 Å². The van der Waals surface area contributed by atoms with E-state index in [9.17, 15) is 0 Å². The van der Waals surface area contributed by atoms with Crippen LogP contribution in [-0.4, -0.2) is 51.0 Å². The summed E-state index contributed by atoms with van der Waals surface area (Å²) in [5.74, 6) is 0. The Hall–Kier alpha value is -0.630. The summed E-state index contributed by atoms with van der Waals surface area (Å²) in [5.41, 5.74) is 0. The molecule has 2 atom stereocenters. The third-order valence-corrected chi connectivity index (χ3v) is 2.46. The van der Waals surface area contributed by atoms with E-state index in [-0.39, 0.29) is 12.1 Å². The molecule has 0 aliphatic rings. The minimum atomic E-state index is -0.0506. The average molecular weight is 214 g/mol. The first kappa shape index (κ1) is 14.4. The second-order valence-electron chi connectivity index (χ2n) is 3.59. The van der Waals surface area contributed by atoms with Gasteiger partial charge in [-0.1, -0.05) is 6.92 Å². The largest absolute Gasteiger partial charge is 0.383 e. The topological polar surface area (TPSA) is 45.5 Å². The van der Waals surface area contributed by atoms with Gasteiger partial charge in [0.2, 0.25) is 0 Å². The Labute approximate surface area is 92.8 Å². The van der Waals surface area contributed by atoms with Crippen molar-refractivity contribution in [2.24, 2.45) is 0 Å². The quantitative estimate of drug-likeness (QED) is 0.610. The van der Waals surface area contributed by atoms with Gasteiger partial charge in [0.15, 0.2) is 0 Å². The minimum absolute atomic E-state index is 0.0506. The number of rotatable bonds is 8. The van der Waals surface area contributed by atoms with E-state index < -0.39 is 0 Å². The maximum Gasteiger partial charge on any atom is 0.0979 e. The van der Waals surface area contributed by atoms with Crippen LogP contribution in [0.2, 0.25) is 0 Å². The molecular formula is C11H22N2O2. The van der Waals surface area contributed by atoms with E-state index in [1.807, 2.05) is 6.92 Å². The highest BCUT2D eigenvalue weighted by molar-refractivity contribution is 4.92. The molecule has 0 spiro atoms. The van der Waals surface area contributed by atoms with Gasteiger partial charge in [0.1, 0.15) is 0 Å². The van der Waals surface area contributed by atoms with Gasteiger partial charge in [-0.15, -0.1) is 0 Å². The van der Waals surface area contributed by atoms with Gasteiger partial charge in [-0.05, 0) is 13.3 Å². The number of ether oxygens (including phenoxy) is 2. The SMILES string of the molecule is CCC(C#N)N(CCOC)C(C)COC. The zero-order chi connectivity index (χ0) is 11.7. The van der Waals surface area contributed by atoms with E-state index >= 15 is 0 Å². The third-order valence-electron chi connectivity index (χ3n) is 2.46. The molecule has 0 radical (unpaired) electrons. The van der Waals surface area contributed by atoms with Gasteiger partial charge in [0, 0.05) is 26.8 Å². The Balaban J connectivity index is 4.34. The van der Waals surface area contributed by atoms with Gasteiger partial charge in [-0.3, -0.25) is 4.90 Å². The summed E-state index contributed by atoms with van der Waals surface area (Å²) in [5, 5.41) is 9.04. The lowest BCUT2D eigenvalue weighted by molar-refractivity contribution is 0.0598. The number of hydrogen-bond acceptors (Lipinski definition) is 4. The summed E-state index contributed by atoms with van der Waals surface area (Å²) in [6.07, 6.45) is 0.828. The molecule has 0 saturated carbocycles. The molecule has 88 valence electrons. The number of methoxy groups -OCH3 is 2. The van der Waals surface area contributed by atoms with Crippen molar-refractivity contribution in [3.05, 3.63) is 0 Å². The Kier molecular flexibility index (Phi) is 8.30. The van der Waals surface area contributed by atoms with Gasteiger partial charge < -0.3 is 9.47 Å². The molecule has 4 heteroatoms. The summed E-state index contributed by atoms with van der Waals surface area (Å²) < 4.78 is 10.2. The molecule has 0 aliphatic carbocycles. The molecule has 0 N–H and O–H groups in total. The van der Waals surface area contributed by atoms with Crippen LogP contribution in [0.25, 0.3) is 0 Å². The molecule has 0 saturated heterocycles. The highest BCUT2D eigenvalue weighted by Gasteiger charge is 2.21. The minimum Gasteiger partial charge on any atom is -0.383 e. The van der Waals surface area contributed by atoms with Crippen LogP contribution < -0.4 is 0 Å². The Bertz CT molecular complexity index is 192. The van der Waals surface area contributed by atoms with Crippen molar-refractivity contribution in [1.29, 1.82) is 5.26 Å². The van der Waals surface area contributed by atoms with E-state index in [0.29, 0.717) is 13.2 Å². The summed E-state index contributed by atoms with van der Waals surface area (Å²) in [6, 6.07) is 2.51. The van der Waals surface area contributed by atoms with Gasteiger partial charge in [0.05, 0.1) is 25.3 Å². The van der Waals surface area contributed by atoms with Crippen LogP contribution in [-0.2, 0) is 9.47 Å². The first-order valence-electron chi connectivity index (χ1n) is 5.34. The molecule has 0 rings (SSSR count). The van der Waals surface area contributed by atoms with Crippen molar-refractivity contribution in [3.63, 3.8) is 0 Å². The molecule has 0 bridgehead atoms. The molecule has 0 fully saturated rings. The van der Waals surface area contributed by atoms with E-state index in [0.717, 1.165) is 13.0 Å². The maximum absolute atomic E-state index is 9.04. The molecule has 0 amide bonds. The smallest absolute Gasteiger partial charge is 0.0979 e. The van der Waals surface area contributed by atoms with E-state index in [4.69, 9.17) is 14.7 Å². The predicted octanol–water partition coefficient (Wildman–Crippen LogP) is 1.27. The van der Waals surface area contributed by atoms with Crippen molar-refractivity contribution in [3.8, 4) is 6.07 Å². The standard InChI is InChI=1S/C11H22N2O2/c1-5-11(8-12)13(6-7-14-3)10(2)9-15-4/h10-11H,5-7,9H2,1-4H3. The summed E-state index contributed by atoms with van der Waals surface area (Å²) >= 11 is 0. The fourth-order valence-corrected chi connectivity index (χ4v) is 1.62. The highest BCUT2D eigenvalue weighted by atomic mass is 16.5. The number of nitrogens with zero attached hydrogens (tertiary/aromatic N) is 2. The number of nitriles is 1. The van der Waals surface area contributed by atoms with E-state index in [2.05, 4.69) is 17.9 Å². The molecule has 0 aromatic rings. The maximum atomic E-state index is 9.04. The van der Waals surface area contributed by atoms with Crippen molar-refractivity contribution >= 4 is 0 Å². The highest BCUT2D eigenvalue weighted by Crippen LogP contribution is 2.08. The second-order valence-corrected chi connectivity index (χ2v) is 3.59. The summed E-state index contributed by atoms with van der Waals surface area (Å²) in [7, 11) is 3.35. The summed E-state index contributed by atoms with van der Waals surface area (Å²) in [4.78, 5) is 2.13. The second kappa shape index (κ2) is 8.66. The fraction of sp³-hybridized carbons (Fsp3) is 0.909. The monoisotopic (exact) mass is 214 g/mol. The van der Waals surface area contributed by atoms with Crippen molar-refractivity contribution in [2.75, 3.05) is 34.0 Å². The average Bonchev–Trinajstić information content (AvgIpc) is 2.24.